The number of rotatable bonds is 17. The van der Waals surface area contributed by atoms with E-state index < -0.39 is 0 Å². The van der Waals surface area contributed by atoms with E-state index in [4.69, 9.17) is 0 Å². The molecule has 0 saturated heterocycles. The van der Waals surface area contributed by atoms with Crippen molar-refractivity contribution in [3.05, 3.63) is 12.7 Å². The molecule has 0 aliphatic heterocycles. The Morgan fingerprint density at radius 2 is 1.14 bits per heavy atom. The van der Waals surface area contributed by atoms with Crippen LogP contribution in [-0.4, -0.2) is 0 Å². The van der Waals surface area contributed by atoms with Gasteiger partial charge >= 0.3 is 0 Å². The summed E-state index contributed by atoms with van der Waals surface area (Å²) in [6.45, 7) is 10.8. The highest BCUT2D eigenvalue weighted by Gasteiger charge is 2.07. The van der Waals surface area contributed by atoms with E-state index in [1.807, 2.05) is 0 Å². The molecule has 0 aromatic heterocycles. The molecule has 2 atom stereocenters. The molecule has 0 rings (SSSR count). The van der Waals surface area contributed by atoms with Crippen LogP contribution in [0.1, 0.15) is 117 Å². The lowest BCUT2D eigenvalue weighted by atomic mass is 9.90. The van der Waals surface area contributed by atoms with Crippen LogP contribution >= 0.6 is 0 Å². The Labute approximate surface area is 142 Å². The SMILES string of the molecule is C=CC(C)CCCCCCC(CCC)CCCCCCCC. The van der Waals surface area contributed by atoms with Crippen LogP contribution in [-0.2, 0) is 0 Å². The Balaban J connectivity index is 3.52. The molecule has 0 heterocycles. The van der Waals surface area contributed by atoms with Crippen molar-refractivity contribution in [3.8, 4) is 0 Å². The van der Waals surface area contributed by atoms with Crippen molar-refractivity contribution in [2.45, 2.75) is 117 Å². The molecule has 0 N–H and O–H groups in total. The van der Waals surface area contributed by atoms with Gasteiger partial charge in [-0.05, 0) is 18.3 Å². The van der Waals surface area contributed by atoms with Gasteiger partial charge in [-0.3, -0.25) is 0 Å². The molecule has 0 amide bonds. The minimum absolute atomic E-state index is 0.709. The van der Waals surface area contributed by atoms with E-state index in [1.54, 1.807) is 0 Å². The van der Waals surface area contributed by atoms with Crippen LogP contribution in [0.2, 0.25) is 0 Å². The first kappa shape index (κ1) is 21.7. The van der Waals surface area contributed by atoms with Gasteiger partial charge in [0, 0.05) is 0 Å². The van der Waals surface area contributed by atoms with Gasteiger partial charge in [0.2, 0.25) is 0 Å². The van der Waals surface area contributed by atoms with E-state index in [1.165, 1.54) is 96.3 Å². The molecular weight excluding hydrogens is 264 g/mol. The average Bonchev–Trinajstić information content (AvgIpc) is 2.53. The minimum Gasteiger partial charge on any atom is -0.103 e. The zero-order chi connectivity index (χ0) is 16.5. The summed E-state index contributed by atoms with van der Waals surface area (Å²) < 4.78 is 0. The summed E-state index contributed by atoms with van der Waals surface area (Å²) in [4.78, 5) is 0. The Morgan fingerprint density at radius 1 is 0.636 bits per heavy atom. The summed E-state index contributed by atoms with van der Waals surface area (Å²) >= 11 is 0. The topological polar surface area (TPSA) is 0 Å². The Kier molecular flexibility index (Phi) is 16.9. The van der Waals surface area contributed by atoms with Crippen LogP contribution in [0.15, 0.2) is 12.7 Å². The van der Waals surface area contributed by atoms with Crippen molar-refractivity contribution < 1.29 is 0 Å². The molecule has 0 aliphatic carbocycles. The first-order valence-electron chi connectivity index (χ1n) is 10.4. The Morgan fingerprint density at radius 3 is 1.64 bits per heavy atom. The zero-order valence-corrected chi connectivity index (χ0v) is 16.0. The average molecular weight is 309 g/mol. The second-order valence-corrected chi connectivity index (χ2v) is 7.42. The second-order valence-electron chi connectivity index (χ2n) is 7.42. The monoisotopic (exact) mass is 308 g/mol. The third kappa shape index (κ3) is 14.7. The van der Waals surface area contributed by atoms with E-state index in [9.17, 15) is 0 Å². The van der Waals surface area contributed by atoms with E-state index in [0.29, 0.717) is 5.92 Å². The van der Waals surface area contributed by atoms with Crippen LogP contribution in [0.4, 0.5) is 0 Å². The maximum absolute atomic E-state index is 3.87. The van der Waals surface area contributed by atoms with Gasteiger partial charge in [0.05, 0.1) is 0 Å². The fraction of sp³-hybridized carbons (Fsp3) is 0.909. The number of hydrogen-bond donors (Lipinski definition) is 0. The summed E-state index contributed by atoms with van der Waals surface area (Å²) in [5, 5.41) is 0. The molecule has 0 heteroatoms. The molecule has 0 aromatic carbocycles. The Hall–Kier alpha value is -0.260. The minimum atomic E-state index is 0.709. The molecule has 0 nitrogen and oxygen atoms in total. The molecule has 22 heavy (non-hydrogen) atoms. The molecular formula is C22H44. The van der Waals surface area contributed by atoms with E-state index in [2.05, 4.69) is 33.4 Å². The predicted molar refractivity (Wildman–Crippen MR) is 103 cm³/mol. The van der Waals surface area contributed by atoms with Gasteiger partial charge in [-0.15, -0.1) is 6.58 Å². The molecule has 0 fully saturated rings. The summed E-state index contributed by atoms with van der Waals surface area (Å²) in [6, 6.07) is 0. The quantitative estimate of drug-likeness (QED) is 0.187. The molecule has 0 spiro atoms. The van der Waals surface area contributed by atoms with Gasteiger partial charge < -0.3 is 0 Å². The van der Waals surface area contributed by atoms with Crippen molar-refractivity contribution in [2.24, 2.45) is 11.8 Å². The number of allylic oxidation sites excluding steroid dienone is 1. The van der Waals surface area contributed by atoms with Gasteiger partial charge in [0.1, 0.15) is 0 Å². The molecule has 0 aliphatic rings. The highest BCUT2D eigenvalue weighted by Crippen LogP contribution is 2.23. The van der Waals surface area contributed by atoms with Crippen LogP contribution in [0.25, 0.3) is 0 Å². The highest BCUT2D eigenvalue weighted by molar-refractivity contribution is 4.74. The largest absolute Gasteiger partial charge is 0.103 e. The standard InChI is InChI=1S/C22H44/c1-5-8-9-10-11-15-19-22(17-6-2)20-16-13-12-14-18-21(4)7-3/h7,21-22H,3,5-6,8-20H2,1-2,4H3. The fourth-order valence-electron chi connectivity index (χ4n) is 3.43. The molecule has 0 aromatic rings. The van der Waals surface area contributed by atoms with Crippen LogP contribution in [0, 0.1) is 11.8 Å². The normalized spacial score (nSPS) is 14.0. The van der Waals surface area contributed by atoms with E-state index >= 15 is 0 Å². The van der Waals surface area contributed by atoms with Crippen molar-refractivity contribution >= 4 is 0 Å². The summed E-state index contributed by atoms with van der Waals surface area (Å²) in [7, 11) is 0. The smallest absolute Gasteiger partial charge is 0.0265 e. The third-order valence-corrected chi connectivity index (χ3v) is 5.09. The van der Waals surface area contributed by atoms with Crippen molar-refractivity contribution in [2.75, 3.05) is 0 Å². The maximum Gasteiger partial charge on any atom is -0.0265 e. The lowest BCUT2D eigenvalue weighted by molar-refractivity contribution is 0.376. The zero-order valence-electron chi connectivity index (χ0n) is 16.0. The Bertz CT molecular complexity index is 218. The highest BCUT2D eigenvalue weighted by atomic mass is 14.1. The molecule has 0 saturated carbocycles. The van der Waals surface area contributed by atoms with Gasteiger partial charge in [-0.2, -0.15) is 0 Å². The molecule has 0 radical (unpaired) electrons. The van der Waals surface area contributed by atoms with E-state index in [0.717, 1.165) is 5.92 Å². The van der Waals surface area contributed by atoms with Gasteiger partial charge in [-0.1, -0.05) is 117 Å². The predicted octanol–water partition coefficient (Wildman–Crippen LogP) is 8.32. The second kappa shape index (κ2) is 17.1. The lowest BCUT2D eigenvalue weighted by Gasteiger charge is -2.16. The van der Waals surface area contributed by atoms with Gasteiger partial charge in [0.25, 0.3) is 0 Å². The summed E-state index contributed by atoms with van der Waals surface area (Å²) in [6.07, 6.45) is 23.6. The number of unbranched alkanes of at least 4 members (excludes halogenated alkanes) is 8. The summed E-state index contributed by atoms with van der Waals surface area (Å²) in [5.74, 6) is 1.73. The van der Waals surface area contributed by atoms with Crippen molar-refractivity contribution in [1.82, 2.24) is 0 Å². The van der Waals surface area contributed by atoms with E-state index in [-0.39, 0.29) is 0 Å². The number of hydrogen-bond acceptors (Lipinski definition) is 0. The summed E-state index contributed by atoms with van der Waals surface area (Å²) in [5.41, 5.74) is 0. The van der Waals surface area contributed by atoms with Crippen molar-refractivity contribution in [1.29, 1.82) is 0 Å². The fourth-order valence-corrected chi connectivity index (χ4v) is 3.43. The first-order valence-corrected chi connectivity index (χ1v) is 10.4. The molecule has 0 bridgehead atoms. The first-order chi connectivity index (χ1) is 10.7. The molecule has 132 valence electrons. The maximum atomic E-state index is 3.87. The van der Waals surface area contributed by atoms with Crippen LogP contribution in [0.5, 0.6) is 0 Å². The lowest BCUT2D eigenvalue weighted by Crippen LogP contribution is -2.01. The molecule has 2 unspecified atom stereocenters. The van der Waals surface area contributed by atoms with Crippen LogP contribution < -0.4 is 0 Å². The van der Waals surface area contributed by atoms with Gasteiger partial charge in [0.15, 0.2) is 0 Å². The van der Waals surface area contributed by atoms with Crippen molar-refractivity contribution in [3.63, 3.8) is 0 Å². The van der Waals surface area contributed by atoms with Gasteiger partial charge in [-0.25, -0.2) is 0 Å². The van der Waals surface area contributed by atoms with Crippen LogP contribution in [0.3, 0.4) is 0 Å². The third-order valence-electron chi connectivity index (χ3n) is 5.09.